The molecular weight excluding hydrogens is 204 g/mol. The molecule has 2 aromatic rings. The fourth-order valence-electron chi connectivity index (χ4n) is 1.11. The van der Waals surface area contributed by atoms with Gasteiger partial charge in [0.1, 0.15) is 0 Å². The zero-order valence-electron chi connectivity index (χ0n) is 6.08. The zero-order chi connectivity index (χ0) is 7.84. The summed E-state index contributed by atoms with van der Waals surface area (Å²) in [6.07, 6.45) is 3.66. The fraction of sp³-hybridized carbons (Fsp3) is 0.125. The van der Waals surface area contributed by atoms with Gasteiger partial charge in [-0.15, -0.1) is 0 Å². The molecule has 0 N–H and O–H groups in total. The summed E-state index contributed by atoms with van der Waals surface area (Å²) in [5, 5.41) is 0. The van der Waals surface area contributed by atoms with Crippen LogP contribution >= 0.6 is 15.9 Å². The van der Waals surface area contributed by atoms with Crippen LogP contribution in [0.25, 0.3) is 5.52 Å². The van der Waals surface area contributed by atoms with Crippen molar-refractivity contribution in [2.75, 3.05) is 0 Å². The molecule has 0 aliphatic carbocycles. The second-order valence-corrected chi connectivity index (χ2v) is 3.33. The molecule has 0 amide bonds. The molecule has 0 aliphatic rings. The average molecular weight is 211 g/mol. The number of hydrogen-bond acceptors (Lipinski definition) is 1. The number of pyridine rings is 1. The lowest BCUT2D eigenvalue weighted by molar-refractivity contribution is 1.07. The van der Waals surface area contributed by atoms with Crippen LogP contribution in [-0.2, 0) is 0 Å². The Morgan fingerprint density at radius 1 is 1.45 bits per heavy atom. The maximum atomic E-state index is 4.06. The molecule has 2 nitrogen and oxygen atoms in total. The van der Waals surface area contributed by atoms with Crippen LogP contribution in [0.3, 0.4) is 0 Å². The molecule has 3 heteroatoms. The summed E-state index contributed by atoms with van der Waals surface area (Å²) in [6.45, 7) is 2.06. The second-order valence-electron chi connectivity index (χ2n) is 2.47. The van der Waals surface area contributed by atoms with Gasteiger partial charge >= 0.3 is 0 Å². The third-order valence-electron chi connectivity index (χ3n) is 1.73. The van der Waals surface area contributed by atoms with Crippen LogP contribution in [0.15, 0.2) is 29.1 Å². The first-order valence-electron chi connectivity index (χ1n) is 3.36. The molecule has 2 aromatic heterocycles. The molecule has 11 heavy (non-hydrogen) atoms. The van der Waals surface area contributed by atoms with Gasteiger partial charge in [0.05, 0.1) is 18.0 Å². The van der Waals surface area contributed by atoms with Crippen molar-refractivity contribution in [2.45, 2.75) is 6.92 Å². The first-order chi connectivity index (χ1) is 5.29. The van der Waals surface area contributed by atoms with E-state index in [0.29, 0.717) is 0 Å². The SMILES string of the molecule is Cc1ccc(Br)c2cncn12. The third kappa shape index (κ3) is 0.959. The van der Waals surface area contributed by atoms with Crippen molar-refractivity contribution >= 4 is 21.4 Å². The minimum Gasteiger partial charge on any atom is -0.302 e. The van der Waals surface area contributed by atoms with E-state index in [1.54, 1.807) is 0 Å². The van der Waals surface area contributed by atoms with E-state index in [-0.39, 0.29) is 0 Å². The van der Waals surface area contributed by atoms with Gasteiger partial charge in [-0.25, -0.2) is 4.98 Å². The van der Waals surface area contributed by atoms with E-state index in [4.69, 9.17) is 0 Å². The molecule has 2 heterocycles. The number of hydrogen-bond donors (Lipinski definition) is 0. The van der Waals surface area contributed by atoms with E-state index in [9.17, 15) is 0 Å². The highest BCUT2D eigenvalue weighted by molar-refractivity contribution is 9.10. The average Bonchev–Trinajstić information content (AvgIpc) is 2.45. The number of fused-ring (bicyclic) bond motifs is 1. The van der Waals surface area contributed by atoms with Gasteiger partial charge in [0.15, 0.2) is 0 Å². The molecule has 0 unspecified atom stereocenters. The minimum absolute atomic E-state index is 1.08. The number of imidazole rings is 1. The summed E-state index contributed by atoms with van der Waals surface area (Å²) in [5.41, 5.74) is 2.31. The van der Waals surface area contributed by atoms with Gasteiger partial charge in [-0.1, -0.05) is 0 Å². The lowest BCUT2D eigenvalue weighted by Gasteiger charge is -1.99. The van der Waals surface area contributed by atoms with Crippen LogP contribution in [0.5, 0.6) is 0 Å². The Hall–Kier alpha value is -0.830. The highest BCUT2D eigenvalue weighted by Crippen LogP contribution is 2.18. The van der Waals surface area contributed by atoms with E-state index < -0.39 is 0 Å². The predicted octanol–water partition coefficient (Wildman–Crippen LogP) is 2.41. The van der Waals surface area contributed by atoms with Gasteiger partial charge in [0, 0.05) is 10.2 Å². The highest BCUT2D eigenvalue weighted by atomic mass is 79.9. The second kappa shape index (κ2) is 2.34. The van der Waals surface area contributed by atoms with Gasteiger partial charge in [-0.3, -0.25) is 0 Å². The first kappa shape index (κ1) is 6.85. The monoisotopic (exact) mass is 210 g/mol. The summed E-state index contributed by atoms with van der Waals surface area (Å²) < 4.78 is 3.13. The topological polar surface area (TPSA) is 17.3 Å². The Morgan fingerprint density at radius 2 is 2.27 bits per heavy atom. The number of aryl methyl sites for hydroxylation is 1. The van der Waals surface area contributed by atoms with E-state index >= 15 is 0 Å². The van der Waals surface area contributed by atoms with Gasteiger partial charge in [-0.05, 0) is 35.0 Å². The molecule has 0 saturated carbocycles. The van der Waals surface area contributed by atoms with Crippen LogP contribution in [0.1, 0.15) is 5.69 Å². The van der Waals surface area contributed by atoms with Crippen molar-refractivity contribution in [3.63, 3.8) is 0 Å². The van der Waals surface area contributed by atoms with Crippen LogP contribution in [-0.4, -0.2) is 9.38 Å². The smallest absolute Gasteiger partial charge is 0.0994 e. The van der Waals surface area contributed by atoms with Crippen LogP contribution < -0.4 is 0 Å². The van der Waals surface area contributed by atoms with E-state index in [1.807, 2.05) is 23.0 Å². The highest BCUT2D eigenvalue weighted by Gasteiger charge is 1.99. The molecule has 0 atom stereocenters. The number of nitrogens with zero attached hydrogens (tertiary/aromatic N) is 2. The molecule has 0 bridgehead atoms. The molecule has 56 valence electrons. The summed E-state index contributed by atoms with van der Waals surface area (Å²) >= 11 is 3.45. The molecule has 0 aliphatic heterocycles. The summed E-state index contributed by atoms with van der Waals surface area (Å²) in [5.74, 6) is 0. The molecular formula is C8H7BrN2. The van der Waals surface area contributed by atoms with Crippen molar-refractivity contribution in [3.05, 3.63) is 34.8 Å². The summed E-state index contributed by atoms with van der Waals surface area (Å²) in [4.78, 5) is 4.06. The largest absolute Gasteiger partial charge is 0.302 e. The Kier molecular flexibility index (Phi) is 1.46. The van der Waals surface area contributed by atoms with Crippen LogP contribution in [0, 0.1) is 6.92 Å². The van der Waals surface area contributed by atoms with Crippen molar-refractivity contribution in [1.82, 2.24) is 9.38 Å². The minimum atomic E-state index is 1.08. The Balaban J connectivity index is 2.96. The standard InChI is InChI=1S/C8H7BrN2/c1-6-2-3-7(9)8-4-10-5-11(6)8/h2-5H,1H3. The van der Waals surface area contributed by atoms with Crippen molar-refractivity contribution in [3.8, 4) is 0 Å². The zero-order valence-corrected chi connectivity index (χ0v) is 7.67. The molecule has 0 fully saturated rings. The summed E-state index contributed by atoms with van der Waals surface area (Å²) in [7, 11) is 0. The molecule has 0 radical (unpaired) electrons. The molecule has 0 saturated heterocycles. The number of halogens is 1. The van der Waals surface area contributed by atoms with Gasteiger partial charge in [0.25, 0.3) is 0 Å². The lowest BCUT2D eigenvalue weighted by atomic mass is 10.3. The fourth-order valence-corrected chi connectivity index (χ4v) is 1.54. The van der Waals surface area contributed by atoms with E-state index in [1.165, 1.54) is 5.69 Å². The number of aromatic nitrogens is 2. The Bertz CT molecular complexity index is 356. The van der Waals surface area contributed by atoms with E-state index in [2.05, 4.69) is 33.9 Å². The van der Waals surface area contributed by atoms with Crippen molar-refractivity contribution in [2.24, 2.45) is 0 Å². The first-order valence-corrected chi connectivity index (χ1v) is 4.15. The Labute approximate surface area is 73.0 Å². The van der Waals surface area contributed by atoms with Crippen LogP contribution in [0.2, 0.25) is 0 Å². The third-order valence-corrected chi connectivity index (χ3v) is 2.40. The van der Waals surface area contributed by atoms with E-state index in [0.717, 1.165) is 9.99 Å². The molecule has 2 rings (SSSR count). The van der Waals surface area contributed by atoms with Gasteiger partial charge in [-0.2, -0.15) is 0 Å². The van der Waals surface area contributed by atoms with Crippen LogP contribution in [0.4, 0.5) is 0 Å². The normalized spacial score (nSPS) is 10.7. The lowest BCUT2D eigenvalue weighted by Crippen LogP contribution is -1.87. The maximum Gasteiger partial charge on any atom is 0.0994 e. The summed E-state index contributed by atoms with van der Waals surface area (Å²) in [6, 6.07) is 4.09. The van der Waals surface area contributed by atoms with Gasteiger partial charge in [0.2, 0.25) is 0 Å². The quantitative estimate of drug-likeness (QED) is 0.653. The predicted molar refractivity (Wildman–Crippen MR) is 47.6 cm³/mol. The number of rotatable bonds is 0. The molecule has 0 spiro atoms. The molecule has 0 aromatic carbocycles. The van der Waals surface area contributed by atoms with Crippen molar-refractivity contribution < 1.29 is 0 Å². The van der Waals surface area contributed by atoms with Crippen molar-refractivity contribution in [1.29, 1.82) is 0 Å². The van der Waals surface area contributed by atoms with Gasteiger partial charge < -0.3 is 4.40 Å². The maximum absolute atomic E-state index is 4.06. The Morgan fingerprint density at radius 3 is 3.00 bits per heavy atom.